The van der Waals surface area contributed by atoms with Gasteiger partial charge in [0.1, 0.15) is 37.1 Å². The minimum atomic E-state index is -1.17. The van der Waals surface area contributed by atoms with Crippen molar-refractivity contribution in [2.75, 3.05) is 30.3 Å². The number of halogens is 6. The summed E-state index contributed by atoms with van der Waals surface area (Å²) in [6.07, 6.45) is 4.78. The molecule has 5 N–H and O–H groups in total. The van der Waals surface area contributed by atoms with E-state index in [-0.39, 0.29) is 52.6 Å². The highest BCUT2D eigenvalue weighted by Crippen LogP contribution is 2.37. The number of hydrogen-bond donors (Lipinski definition) is 5. The molecule has 55 heavy (non-hydrogen) atoms. The van der Waals surface area contributed by atoms with Gasteiger partial charge in [0.2, 0.25) is 0 Å². The number of rotatable bonds is 17. The predicted octanol–water partition coefficient (Wildman–Crippen LogP) is 9.73. The highest BCUT2D eigenvalue weighted by molar-refractivity contribution is 9.11. The minimum absolute atomic E-state index is 0.0276. The van der Waals surface area contributed by atoms with Crippen LogP contribution in [0.4, 0.5) is 20.2 Å². The highest BCUT2D eigenvalue weighted by Gasteiger charge is 2.22. The fourth-order valence-corrected chi connectivity index (χ4v) is 7.37. The number of nitrogens with one attached hydrogen (secondary N) is 3. The Labute approximate surface area is 343 Å². The lowest BCUT2D eigenvalue weighted by Gasteiger charge is -2.13. The van der Waals surface area contributed by atoms with Crippen molar-refractivity contribution in [3.05, 3.63) is 114 Å². The summed E-state index contributed by atoms with van der Waals surface area (Å²) < 4.78 is 40.5. The van der Waals surface area contributed by atoms with E-state index in [2.05, 4.69) is 47.8 Å². The van der Waals surface area contributed by atoms with Crippen LogP contribution in [0.5, 0.6) is 11.5 Å². The number of carbonyl (C=O) groups excluding carboxylic acids is 1. The van der Waals surface area contributed by atoms with E-state index in [0.29, 0.717) is 43.3 Å². The molecule has 0 spiro atoms. The van der Waals surface area contributed by atoms with Crippen LogP contribution < -0.4 is 25.4 Å². The van der Waals surface area contributed by atoms with Crippen molar-refractivity contribution in [1.82, 2.24) is 5.32 Å². The minimum Gasteiger partial charge on any atom is -0.487 e. The number of amides is 1. The molecule has 0 bridgehead atoms. The van der Waals surface area contributed by atoms with Crippen molar-refractivity contribution >= 4 is 84.3 Å². The molecule has 2 aliphatic rings. The van der Waals surface area contributed by atoms with Crippen LogP contribution in [0.25, 0.3) is 0 Å². The highest BCUT2D eigenvalue weighted by atomic mass is 79.9. The Hall–Kier alpha value is -4.11. The summed E-state index contributed by atoms with van der Waals surface area (Å²) in [6.45, 7) is 1.38. The fraction of sp³-hybridized carbons (Fsp3) is 0.308. The SMILES string of the molecule is O=C(O)CNC(=O)c1cc(Cl)c(OCc2cc(F)cc(NCC3CC3)c2)c(Cl)c1.O=C(O)Cc1cc(Br)c(OCc2cc(F)cc(NCC3CC3)c2)c(Br)c1. The van der Waals surface area contributed by atoms with Gasteiger partial charge in [-0.15, -0.1) is 0 Å². The Morgan fingerprint density at radius 2 is 1.15 bits per heavy atom. The Kier molecular flexibility index (Phi) is 15.0. The second-order valence-electron chi connectivity index (χ2n) is 13.2. The van der Waals surface area contributed by atoms with Crippen molar-refractivity contribution < 1.29 is 42.9 Å². The lowest BCUT2D eigenvalue weighted by molar-refractivity contribution is -0.137. The third kappa shape index (κ3) is 13.9. The summed E-state index contributed by atoms with van der Waals surface area (Å²) >= 11 is 19.1. The maximum atomic E-state index is 13.9. The van der Waals surface area contributed by atoms with Crippen LogP contribution in [-0.4, -0.2) is 47.7 Å². The van der Waals surface area contributed by atoms with Crippen LogP contribution in [0, 0.1) is 23.5 Å². The molecular formula is C39H37Br2Cl2F2N3O7. The maximum absolute atomic E-state index is 13.9. The van der Waals surface area contributed by atoms with E-state index in [0.717, 1.165) is 24.3 Å². The molecule has 0 saturated heterocycles. The predicted molar refractivity (Wildman–Crippen MR) is 214 cm³/mol. The first kappa shape index (κ1) is 42.0. The summed E-state index contributed by atoms with van der Waals surface area (Å²) in [6, 6.07) is 15.5. The van der Waals surface area contributed by atoms with E-state index in [9.17, 15) is 23.2 Å². The van der Waals surface area contributed by atoms with E-state index >= 15 is 0 Å². The Balaban J connectivity index is 0.000000212. The first-order valence-corrected chi connectivity index (χ1v) is 19.6. The largest absolute Gasteiger partial charge is 0.487 e. The number of benzene rings is 4. The second kappa shape index (κ2) is 19.7. The number of carboxylic acid groups (broad SMARTS) is 2. The molecule has 0 unspecified atom stereocenters. The number of ether oxygens (including phenoxy) is 2. The molecule has 6 rings (SSSR count). The van der Waals surface area contributed by atoms with E-state index in [1.54, 1.807) is 18.2 Å². The first-order valence-electron chi connectivity index (χ1n) is 17.2. The van der Waals surface area contributed by atoms with E-state index in [1.807, 2.05) is 6.07 Å². The molecule has 4 aromatic rings. The lowest BCUT2D eigenvalue weighted by atomic mass is 10.1. The summed E-state index contributed by atoms with van der Waals surface area (Å²) in [4.78, 5) is 33.3. The molecule has 292 valence electrons. The summed E-state index contributed by atoms with van der Waals surface area (Å²) in [5.74, 6) is -1.32. The van der Waals surface area contributed by atoms with Crippen LogP contribution in [0.2, 0.25) is 10.0 Å². The van der Waals surface area contributed by atoms with Gasteiger partial charge in [0, 0.05) is 30.0 Å². The third-order valence-electron chi connectivity index (χ3n) is 8.34. The number of carbonyl (C=O) groups is 3. The van der Waals surface area contributed by atoms with Crippen LogP contribution in [0.15, 0.2) is 69.6 Å². The summed E-state index contributed by atoms with van der Waals surface area (Å²) in [5, 5.41) is 26.4. The van der Waals surface area contributed by atoms with Gasteiger partial charge in [0.05, 0.1) is 25.4 Å². The normalized spacial score (nSPS) is 13.3. The van der Waals surface area contributed by atoms with Gasteiger partial charge < -0.3 is 35.6 Å². The van der Waals surface area contributed by atoms with Crippen LogP contribution in [-0.2, 0) is 29.2 Å². The van der Waals surface area contributed by atoms with Crippen LogP contribution in [0.1, 0.15) is 52.7 Å². The molecule has 2 saturated carbocycles. The van der Waals surface area contributed by atoms with Crippen LogP contribution in [0.3, 0.4) is 0 Å². The van der Waals surface area contributed by atoms with E-state index in [4.69, 9.17) is 42.9 Å². The van der Waals surface area contributed by atoms with Gasteiger partial charge in [-0.2, -0.15) is 0 Å². The van der Waals surface area contributed by atoms with E-state index in [1.165, 1.54) is 62.1 Å². The molecule has 0 aliphatic heterocycles. The number of hydrogen-bond acceptors (Lipinski definition) is 7. The van der Waals surface area contributed by atoms with Crippen molar-refractivity contribution in [1.29, 1.82) is 0 Å². The molecule has 1 amide bonds. The maximum Gasteiger partial charge on any atom is 0.322 e. The molecule has 0 atom stereocenters. The third-order valence-corrected chi connectivity index (χ3v) is 10.1. The molecule has 4 aromatic carbocycles. The Morgan fingerprint density at radius 1 is 0.673 bits per heavy atom. The van der Waals surface area contributed by atoms with Gasteiger partial charge in [-0.05, 0) is 147 Å². The number of anilines is 2. The summed E-state index contributed by atoms with van der Waals surface area (Å²) in [7, 11) is 0. The van der Waals surface area contributed by atoms with Crippen molar-refractivity contribution in [2.24, 2.45) is 11.8 Å². The number of aliphatic carboxylic acids is 2. The zero-order chi connectivity index (χ0) is 39.6. The van der Waals surface area contributed by atoms with Crippen molar-refractivity contribution in [2.45, 2.75) is 45.3 Å². The topological polar surface area (TPSA) is 146 Å². The zero-order valence-electron chi connectivity index (χ0n) is 29.2. The average molecular weight is 928 g/mol. The quantitative estimate of drug-likeness (QED) is 0.0699. The van der Waals surface area contributed by atoms with Crippen LogP contribution >= 0.6 is 55.1 Å². The Morgan fingerprint density at radius 3 is 1.58 bits per heavy atom. The molecule has 0 heterocycles. The molecular weight excluding hydrogens is 891 g/mol. The standard InChI is InChI=1S/C20H19Cl2FN2O4.C19H18Br2FNO3/c21-16-5-13(20(28)25-9-18(26)27)6-17(22)19(16)29-10-12-3-14(23)7-15(4-12)24-8-11-1-2-11;20-16-5-12(7-18(24)25)6-17(21)19(16)26-10-13-3-14(22)8-15(4-13)23-9-11-1-2-11/h3-7,11,24H,1-2,8-10H2,(H,25,28)(H,26,27);3-6,8,11,23H,1-2,7,9-10H2,(H,24,25). The van der Waals surface area contributed by atoms with Gasteiger partial charge in [-0.3, -0.25) is 14.4 Å². The van der Waals surface area contributed by atoms with E-state index < -0.39 is 24.4 Å². The van der Waals surface area contributed by atoms with Gasteiger partial charge >= 0.3 is 11.9 Å². The molecule has 16 heteroatoms. The lowest BCUT2D eigenvalue weighted by Crippen LogP contribution is -2.29. The fourth-order valence-electron chi connectivity index (χ4n) is 5.26. The summed E-state index contributed by atoms with van der Waals surface area (Å²) in [5.41, 5.74) is 3.51. The molecule has 0 radical (unpaired) electrons. The molecule has 0 aromatic heterocycles. The van der Waals surface area contributed by atoms with Gasteiger partial charge in [-0.25, -0.2) is 8.78 Å². The average Bonchev–Trinajstić information content (AvgIpc) is 4.04. The second-order valence-corrected chi connectivity index (χ2v) is 15.7. The van der Waals surface area contributed by atoms with Gasteiger partial charge in [0.25, 0.3) is 5.91 Å². The molecule has 10 nitrogen and oxygen atoms in total. The first-order chi connectivity index (χ1) is 26.2. The molecule has 2 fully saturated rings. The number of carboxylic acids is 2. The Bertz CT molecular complexity index is 2000. The van der Waals surface area contributed by atoms with Gasteiger partial charge in [-0.1, -0.05) is 23.2 Å². The van der Waals surface area contributed by atoms with Gasteiger partial charge in [0.15, 0.2) is 5.75 Å². The smallest absolute Gasteiger partial charge is 0.322 e. The zero-order valence-corrected chi connectivity index (χ0v) is 33.9. The van der Waals surface area contributed by atoms with Crippen molar-refractivity contribution in [3.8, 4) is 11.5 Å². The molecule has 2 aliphatic carbocycles. The monoisotopic (exact) mass is 925 g/mol. The van der Waals surface area contributed by atoms with Crippen molar-refractivity contribution in [3.63, 3.8) is 0 Å².